The lowest BCUT2D eigenvalue weighted by Gasteiger charge is -2.17. The SMILES string of the molecule is Cc1cccc(C(O)c2c(F)cc(F)cc2F)c1C. The van der Waals surface area contributed by atoms with Gasteiger partial charge in [0.1, 0.15) is 23.6 Å². The van der Waals surface area contributed by atoms with E-state index in [4.69, 9.17) is 0 Å². The average Bonchev–Trinajstić information content (AvgIpc) is 2.31. The summed E-state index contributed by atoms with van der Waals surface area (Å²) >= 11 is 0. The van der Waals surface area contributed by atoms with Crippen LogP contribution in [0.1, 0.15) is 28.4 Å². The standard InChI is InChI=1S/C15H13F3O/c1-8-4-3-5-11(9(8)2)15(19)14-12(17)6-10(16)7-13(14)18/h3-7,15,19H,1-2H3. The maximum absolute atomic E-state index is 13.6. The summed E-state index contributed by atoms with van der Waals surface area (Å²) in [5.41, 5.74) is 1.53. The first-order valence-corrected chi connectivity index (χ1v) is 5.80. The van der Waals surface area contributed by atoms with Crippen LogP contribution in [0.2, 0.25) is 0 Å². The Kier molecular flexibility index (Phi) is 3.62. The van der Waals surface area contributed by atoms with E-state index < -0.39 is 29.1 Å². The fraction of sp³-hybridized carbons (Fsp3) is 0.200. The summed E-state index contributed by atoms with van der Waals surface area (Å²) in [6, 6.07) is 6.25. The van der Waals surface area contributed by atoms with Crippen molar-refractivity contribution < 1.29 is 18.3 Å². The van der Waals surface area contributed by atoms with Crippen molar-refractivity contribution >= 4 is 0 Å². The molecule has 0 spiro atoms. The second kappa shape index (κ2) is 5.05. The van der Waals surface area contributed by atoms with E-state index in [2.05, 4.69) is 0 Å². The third-order valence-corrected chi connectivity index (χ3v) is 3.26. The number of rotatable bonds is 2. The van der Waals surface area contributed by atoms with Crippen molar-refractivity contribution in [3.05, 3.63) is 70.0 Å². The van der Waals surface area contributed by atoms with Gasteiger partial charge in [0.25, 0.3) is 0 Å². The second-order valence-corrected chi connectivity index (χ2v) is 4.47. The molecule has 0 saturated heterocycles. The van der Waals surface area contributed by atoms with Gasteiger partial charge in [0, 0.05) is 12.1 Å². The molecule has 0 bridgehead atoms. The molecule has 0 aliphatic carbocycles. The maximum Gasteiger partial charge on any atom is 0.135 e. The zero-order chi connectivity index (χ0) is 14.2. The van der Waals surface area contributed by atoms with Gasteiger partial charge in [0.2, 0.25) is 0 Å². The van der Waals surface area contributed by atoms with Gasteiger partial charge < -0.3 is 5.11 Å². The van der Waals surface area contributed by atoms with E-state index in [9.17, 15) is 18.3 Å². The number of aliphatic hydroxyl groups excluding tert-OH is 1. The summed E-state index contributed by atoms with van der Waals surface area (Å²) in [5.74, 6) is -3.19. The molecule has 1 N–H and O–H groups in total. The summed E-state index contributed by atoms with van der Waals surface area (Å²) in [6.07, 6.45) is -1.46. The van der Waals surface area contributed by atoms with E-state index in [1.807, 2.05) is 13.0 Å². The van der Waals surface area contributed by atoms with E-state index in [1.54, 1.807) is 19.1 Å². The van der Waals surface area contributed by atoms with Crippen LogP contribution in [0.25, 0.3) is 0 Å². The number of benzene rings is 2. The first-order valence-electron chi connectivity index (χ1n) is 5.80. The molecule has 0 fully saturated rings. The zero-order valence-electron chi connectivity index (χ0n) is 10.5. The monoisotopic (exact) mass is 266 g/mol. The quantitative estimate of drug-likeness (QED) is 0.876. The molecule has 0 aliphatic heterocycles. The lowest BCUT2D eigenvalue weighted by atomic mass is 9.94. The first kappa shape index (κ1) is 13.6. The Morgan fingerprint density at radius 1 is 1.00 bits per heavy atom. The van der Waals surface area contributed by atoms with Crippen LogP contribution in [0, 0.1) is 31.3 Å². The second-order valence-electron chi connectivity index (χ2n) is 4.47. The summed E-state index contributed by atoms with van der Waals surface area (Å²) in [4.78, 5) is 0. The Morgan fingerprint density at radius 3 is 2.16 bits per heavy atom. The predicted molar refractivity (Wildman–Crippen MR) is 66.3 cm³/mol. The van der Waals surface area contributed by atoms with Crippen LogP contribution in [-0.4, -0.2) is 5.11 Å². The molecule has 1 atom stereocenters. The van der Waals surface area contributed by atoms with Gasteiger partial charge >= 0.3 is 0 Å². The normalized spacial score (nSPS) is 12.5. The van der Waals surface area contributed by atoms with E-state index >= 15 is 0 Å². The molecule has 0 heterocycles. The van der Waals surface area contributed by atoms with Crippen molar-refractivity contribution in [3.63, 3.8) is 0 Å². The minimum absolute atomic E-state index is 0.407. The molecule has 2 rings (SSSR count). The van der Waals surface area contributed by atoms with Crippen molar-refractivity contribution in [2.45, 2.75) is 20.0 Å². The predicted octanol–water partition coefficient (Wildman–Crippen LogP) is 3.80. The molecular formula is C15H13F3O. The van der Waals surface area contributed by atoms with Gasteiger partial charge in [0.15, 0.2) is 0 Å². The van der Waals surface area contributed by atoms with Gasteiger partial charge in [0.05, 0.1) is 5.56 Å². The van der Waals surface area contributed by atoms with Gasteiger partial charge in [-0.3, -0.25) is 0 Å². The lowest BCUT2D eigenvalue weighted by molar-refractivity contribution is 0.208. The maximum atomic E-state index is 13.6. The fourth-order valence-electron chi connectivity index (χ4n) is 2.04. The Labute approximate surface area is 109 Å². The summed E-state index contributed by atoms with van der Waals surface area (Å²) < 4.78 is 40.1. The molecular weight excluding hydrogens is 253 g/mol. The molecule has 1 unspecified atom stereocenters. The zero-order valence-corrected chi connectivity index (χ0v) is 10.5. The van der Waals surface area contributed by atoms with Crippen molar-refractivity contribution in [2.24, 2.45) is 0 Å². The van der Waals surface area contributed by atoms with Crippen LogP contribution in [0.3, 0.4) is 0 Å². The average molecular weight is 266 g/mol. The smallest absolute Gasteiger partial charge is 0.135 e. The van der Waals surface area contributed by atoms with Crippen LogP contribution < -0.4 is 0 Å². The Morgan fingerprint density at radius 2 is 1.58 bits per heavy atom. The highest BCUT2D eigenvalue weighted by molar-refractivity contribution is 5.40. The molecule has 100 valence electrons. The molecule has 0 aliphatic rings. The Balaban J connectivity index is 2.56. The highest BCUT2D eigenvalue weighted by Gasteiger charge is 2.22. The first-order chi connectivity index (χ1) is 8.91. The molecule has 4 heteroatoms. The van der Waals surface area contributed by atoms with Crippen molar-refractivity contribution in [2.75, 3.05) is 0 Å². The molecule has 0 radical (unpaired) electrons. The summed E-state index contributed by atoms with van der Waals surface area (Å²) in [6.45, 7) is 3.59. The Hall–Kier alpha value is -1.81. The Bertz CT molecular complexity index is 600. The van der Waals surface area contributed by atoms with Crippen LogP contribution in [0.15, 0.2) is 30.3 Å². The van der Waals surface area contributed by atoms with Crippen molar-refractivity contribution in [1.82, 2.24) is 0 Å². The number of halogens is 3. The molecule has 0 amide bonds. The fourth-order valence-corrected chi connectivity index (χ4v) is 2.04. The van der Waals surface area contributed by atoms with Crippen LogP contribution in [-0.2, 0) is 0 Å². The van der Waals surface area contributed by atoms with Crippen LogP contribution in [0.5, 0.6) is 0 Å². The van der Waals surface area contributed by atoms with Crippen LogP contribution >= 0.6 is 0 Å². The molecule has 1 nitrogen and oxygen atoms in total. The third-order valence-electron chi connectivity index (χ3n) is 3.26. The van der Waals surface area contributed by atoms with Crippen molar-refractivity contribution in [1.29, 1.82) is 0 Å². The van der Waals surface area contributed by atoms with E-state index in [0.29, 0.717) is 17.7 Å². The lowest BCUT2D eigenvalue weighted by Crippen LogP contribution is -2.08. The molecule has 0 aromatic heterocycles. The van der Waals surface area contributed by atoms with Gasteiger partial charge in [-0.2, -0.15) is 0 Å². The van der Waals surface area contributed by atoms with Gasteiger partial charge in [-0.15, -0.1) is 0 Å². The van der Waals surface area contributed by atoms with Gasteiger partial charge in [-0.1, -0.05) is 18.2 Å². The van der Waals surface area contributed by atoms with Gasteiger partial charge in [-0.25, -0.2) is 13.2 Å². The van der Waals surface area contributed by atoms with Crippen molar-refractivity contribution in [3.8, 4) is 0 Å². The molecule has 0 saturated carbocycles. The summed E-state index contributed by atoms with van der Waals surface area (Å²) in [5, 5.41) is 10.1. The van der Waals surface area contributed by atoms with E-state index in [0.717, 1.165) is 11.1 Å². The number of hydrogen-bond acceptors (Lipinski definition) is 1. The van der Waals surface area contributed by atoms with Crippen LogP contribution in [0.4, 0.5) is 13.2 Å². The number of aliphatic hydroxyl groups is 1. The third kappa shape index (κ3) is 2.49. The van der Waals surface area contributed by atoms with E-state index in [1.165, 1.54) is 0 Å². The molecule has 2 aromatic rings. The molecule has 2 aromatic carbocycles. The van der Waals surface area contributed by atoms with E-state index in [-0.39, 0.29) is 0 Å². The number of hydrogen-bond donors (Lipinski definition) is 1. The highest BCUT2D eigenvalue weighted by atomic mass is 19.1. The molecule has 19 heavy (non-hydrogen) atoms. The summed E-state index contributed by atoms with van der Waals surface area (Å²) in [7, 11) is 0. The highest BCUT2D eigenvalue weighted by Crippen LogP contribution is 2.30. The minimum atomic E-state index is -1.46. The van der Waals surface area contributed by atoms with Gasteiger partial charge in [-0.05, 0) is 30.5 Å². The largest absolute Gasteiger partial charge is 0.383 e. The topological polar surface area (TPSA) is 20.2 Å². The minimum Gasteiger partial charge on any atom is -0.383 e. The number of aryl methyl sites for hydroxylation is 1.